The number of hydrogen-bond acceptors (Lipinski definition) is 5. The summed E-state index contributed by atoms with van der Waals surface area (Å²) in [6.07, 6.45) is 1.74. The van der Waals surface area contributed by atoms with E-state index in [0.717, 1.165) is 22.6 Å². The molecule has 0 aliphatic heterocycles. The summed E-state index contributed by atoms with van der Waals surface area (Å²) in [5.74, 6) is 2.05. The Bertz CT molecular complexity index is 769. The highest BCUT2D eigenvalue weighted by Gasteiger charge is 2.10. The first-order valence-electron chi connectivity index (χ1n) is 6.42. The molecule has 108 valence electrons. The smallest absolute Gasteiger partial charge is 0.170 e. The molecule has 0 bridgehead atoms. The number of nitrogens with zero attached hydrogens (tertiary/aromatic N) is 4. The molecule has 0 atom stereocenters. The summed E-state index contributed by atoms with van der Waals surface area (Å²) in [4.78, 5) is 8.91. The highest BCUT2D eigenvalue weighted by Crippen LogP contribution is 2.20. The molecule has 3 aromatic rings. The van der Waals surface area contributed by atoms with Crippen LogP contribution in [0.5, 0.6) is 5.75 Å². The highest BCUT2D eigenvalue weighted by atomic mass is 35.5. The molecule has 6 nitrogen and oxygen atoms in total. The van der Waals surface area contributed by atoms with Crippen molar-refractivity contribution in [3.05, 3.63) is 41.3 Å². The van der Waals surface area contributed by atoms with Crippen LogP contribution in [0.2, 0.25) is 5.02 Å². The number of fused-ring (bicyclic) bond motifs is 1. The van der Waals surface area contributed by atoms with E-state index in [-0.39, 0.29) is 6.61 Å². The Kier molecular flexibility index (Phi) is 3.62. The van der Waals surface area contributed by atoms with E-state index in [0.29, 0.717) is 10.8 Å². The van der Waals surface area contributed by atoms with Crippen LogP contribution in [-0.4, -0.2) is 26.8 Å². The van der Waals surface area contributed by atoms with Gasteiger partial charge in [-0.3, -0.25) is 4.68 Å². The van der Waals surface area contributed by atoms with E-state index in [4.69, 9.17) is 16.3 Å². The Morgan fingerprint density at radius 2 is 2.00 bits per heavy atom. The molecule has 0 spiro atoms. The second-order valence-electron chi connectivity index (χ2n) is 4.49. The molecule has 0 amide bonds. The van der Waals surface area contributed by atoms with Gasteiger partial charge in [-0.05, 0) is 24.3 Å². The molecular weight excluding hydrogens is 290 g/mol. The van der Waals surface area contributed by atoms with Crippen molar-refractivity contribution in [2.45, 2.75) is 6.61 Å². The van der Waals surface area contributed by atoms with Gasteiger partial charge in [-0.15, -0.1) is 0 Å². The molecule has 1 aromatic carbocycles. The summed E-state index contributed by atoms with van der Waals surface area (Å²) in [6.45, 7) is 0.275. The van der Waals surface area contributed by atoms with Gasteiger partial charge in [0.25, 0.3) is 0 Å². The first-order valence-corrected chi connectivity index (χ1v) is 6.80. The number of anilines is 1. The quantitative estimate of drug-likeness (QED) is 0.802. The van der Waals surface area contributed by atoms with Crippen LogP contribution in [0.1, 0.15) is 5.82 Å². The number of aryl methyl sites for hydroxylation is 1. The van der Waals surface area contributed by atoms with Gasteiger partial charge in [0.2, 0.25) is 0 Å². The third kappa shape index (κ3) is 2.75. The number of ether oxygens (including phenoxy) is 1. The Morgan fingerprint density at radius 1 is 1.24 bits per heavy atom. The average molecular weight is 304 g/mol. The number of nitrogens with one attached hydrogen (secondary N) is 1. The normalized spacial score (nSPS) is 10.8. The maximum absolute atomic E-state index is 5.84. The van der Waals surface area contributed by atoms with Crippen molar-refractivity contribution < 1.29 is 4.74 Å². The van der Waals surface area contributed by atoms with E-state index < -0.39 is 0 Å². The Balaban J connectivity index is 1.86. The molecule has 0 saturated carbocycles. The fourth-order valence-electron chi connectivity index (χ4n) is 2.00. The number of halogens is 1. The van der Waals surface area contributed by atoms with E-state index in [9.17, 15) is 0 Å². The van der Waals surface area contributed by atoms with Crippen LogP contribution < -0.4 is 10.1 Å². The molecule has 0 saturated heterocycles. The van der Waals surface area contributed by atoms with Crippen LogP contribution in [0.25, 0.3) is 11.0 Å². The lowest BCUT2D eigenvalue weighted by Crippen LogP contribution is -2.06. The first-order chi connectivity index (χ1) is 10.2. The van der Waals surface area contributed by atoms with E-state index in [2.05, 4.69) is 20.4 Å². The van der Waals surface area contributed by atoms with Gasteiger partial charge in [0.05, 0.1) is 11.6 Å². The van der Waals surface area contributed by atoms with Crippen molar-refractivity contribution >= 4 is 28.5 Å². The minimum Gasteiger partial charge on any atom is -0.486 e. The van der Waals surface area contributed by atoms with Crippen LogP contribution in [0.4, 0.5) is 5.82 Å². The number of hydrogen-bond donors (Lipinski definition) is 1. The molecule has 2 aromatic heterocycles. The second-order valence-corrected chi connectivity index (χ2v) is 4.92. The Morgan fingerprint density at radius 3 is 2.71 bits per heavy atom. The lowest BCUT2D eigenvalue weighted by molar-refractivity contribution is 0.296. The van der Waals surface area contributed by atoms with E-state index in [1.165, 1.54) is 0 Å². The van der Waals surface area contributed by atoms with Gasteiger partial charge in [0, 0.05) is 19.1 Å². The van der Waals surface area contributed by atoms with Crippen molar-refractivity contribution in [1.82, 2.24) is 19.7 Å². The van der Waals surface area contributed by atoms with E-state index >= 15 is 0 Å². The minimum absolute atomic E-state index is 0.275. The van der Waals surface area contributed by atoms with Crippen LogP contribution >= 0.6 is 11.6 Å². The van der Waals surface area contributed by atoms with Crippen molar-refractivity contribution in [2.24, 2.45) is 7.05 Å². The third-order valence-corrected chi connectivity index (χ3v) is 3.31. The summed E-state index contributed by atoms with van der Waals surface area (Å²) >= 11 is 5.84. The molecule has 0 aliphatic rings. The van der Waals surface area contributed by atoms with Crippen LogP contribution in [0.15, 0.2) is 30.5 Å². The van der Waals surface area contributed by atoms with Crippen molar-refractivity contribution in [1.29, 1.82) is 0 Å². The summed E-state index contributed by atoms with van der Waals surface area (Å²) in [7, 11) is 3.66. The van der Waals surface area contributed by atoms with Crippen molar-refractivity contribution in [2.75, 3.05) is 12.4 Å². The summed E-state index contributed by atoms with van der Waals surface area (Å²) in [5.41, 5.74) is 0.768. The fraction of sp³-hybridized carbons (Fsp3) is 0.214. The Hall–Kier alpha value is -2.34. The zero-order valence-corrected chi connectivity index (χ0v) is 12.4. The largest absolute Gasteiger partial charge is 0.486 e. The van der Waals surface area contributed by atoms with Gasteiger partial charge in [-0.2, -0.15) is 5.10 Å². The van der Waals surface area contributed by atoms with Gasteiger partial charge >= 0.3 is 0 Å². The zero-order valence-electron chi connectivity index (χ0n) is 11.7. The molecule has 0 fully saturated rings. The Labute approximate surface area is 126 Å². The van der Waals surface area contributed by atoms with Gasteiger partial charge in [0.15, 0.2) is 11.5 Å². The van der Waals surface area contributed by atoms with E-state index in [1.807, 2.05) is 26.2 Å². The molecule has 1 N–H and O–H groups in total. The average Bonchev–Trinajstić information content (AvgIpc) is 2.87. The number of rotatable bonds is 4. The van der Waals surface area contributed by atoms with Gasteiger partial charge < -0.3 is 10.1 Å². The molecule has 21 heavy (non-hydrogen) atoms. The maximum Gasteiger partial charge on any atom is 0.170 e. The maximum atomic E-state index is 5.84. The number of aromatic nitrogens is 4. The lowest BCUT2D eigenvalue weighted by atomic mass is 10.3. The second kappa shape index (κ2) is 5.57. The molecule has 2 heterocycles. The third-order valence-electron chi connectivity index (χ3n) is 3.06. The predicted molar refractivity (Wildman–Crippen MR) is 81.6 cm³/mol. The zero-order chi connectivity index (χ0) is 14.8. The van der Waals surface area contributed by atoms with Gasteiger partial charge in [0.1, 0.15) is 18.2 Å². The van der Waals surface area contributed by atoms with Crippen molar-refractivity contribution in [3.8, 4) is 5.75 Å². The van der Waals surface area contributed by atoms with Gasteiger partial charge in [-0.1, -0.05) is 11.6 Å². The molecule has 0 radical (unpaired) electrons. The summed E-state index contributed by atoms with van der Waals surface area (Å²) in [5, 5.41) is 8.80. The topological polar surface area (TPSA) is 64.9 Å². The SMILES string of the molecule is CNc1nc(COc2ccc(Cl)cc2)nc2c1cnn2C. The monoisotopic (exact) mass is 303 g/mol. The lowest BCUT2D eigenvalue weighted by Gasteiger charge is -2.08. The van der Waals surface area contributed by atoms with Gasteiger partial charge in [-0.25, -0.2) is 9.97 Å². The summed E-state index contributed by atoms with van der Waals surface area (Å²) in [6, 6.07) is 7.18. The van der Waals surface area contributed by atoms with Crippen molar-refractivity contribution in [3.63, 3.8) is 0 Å². The standard InChI is InChI=1S/C14H14ClN5O/c1-16-13-11-7-17-20(2)14(11)19-12(18-13)8-21-10-5-3-9(15)4-6-10/h3-7H,8H2,1-2H3,(H,16,18,19). The highest BCUT2D eigenvalue weighted by molar-refractivity contribution is 6.30. The fourth-order valence-corrected chi connectivity index (χ4v) is 2.13. The first kappa shape index (κ1) is 13.6. The van der Waals surface area contributed by atoms with Crippen LogP contribution in [0, 0.1) is 0 Å². The molecule has 0 aliphatic carbocycles. The minimum atomic E-state index is 0.275. The van der Waals surface area contributed by atoms with E-state index in [1.54, 1.807) is 23.0 Å². The molecule has 7 heteroatoms. The number of benzene rings is 1. The summed E-state index contributed by atoms with van der Waals surface area (Å²) < 4.78 is 7.38. The predicted octanol–water partition coefficient (Wildman–Crippen LogP) is 2.64. The van der Waals surface area contributed by atoms with Crippen LogP contribution in [-0.2, 0) is 13.7 Å². The molecular formula is C14H14ClN5O. The molecule has 0 unspecified atom stereocenters. The van der Waals surface area contributed by atoms with Crippen LogP contribution in [0.3, 0.4) is 0 Å². The molecule has 3 rings (SSSR count).